The molecule has 1 amide bonds. The Labute approximate surface area is 212 Å². The zero-order valence-corrected chi connectivity index (χ0v) is 22.7. The number of likely N-dealkylation sites (N-methyl/N-ethyl adjacent to an activating group) is 1. The van der Waals surface area contributed by atoms with E-state index in [1.165, 1.54) is 27.8 Å². The smallest absolute Gasteiger partial charge is 0.260 e. The van der Waals surface area contributed by atoms with E-state index < -0.39 is 10.0 Å². The molecule has 0 saturated carbocycles. The number of carbonyl (C=O) groups excluding carboxylic acids is 1. The summed E-state index contributed by atoms with van der Waals surface area (Å²) in [4.78, 5) is 22.1. The van der Waals surface area contributed by atoms with Gasteiger partial charge in [-0.3, -0.25) is 9.69 Å². The minimum absolute atomic E-state index is 0.193. The molecule has 0 saturated heterocycles. The van der Waals surface area contributed by atoms with Gasteiger partial charge in [-0.05, 0) is 63.0 Å². The van der Waals surface area contributed by atoms with Crippen molar-refractivity contribution in [3.63, 3.8) is 0 Å². The summed E-state index contributed by atoms with van der Waals surface area (Å²) in [7, 11) is 1.91. The molecule has 0 radical (unpaired) electrons. The van der Waals surface area contributed by atoms with Gasteiger partial charge < -0.3 is 9.64 Å². The van der Waals surface area contributed by atoms with Gasteiger partial charge in [0.05, 0.1) is 22.2 Å². The van der Waals surface area contributed by atoms with Crippen molar-refractivity contribution in [2.75, 3.05) is 52.3 Å². The summed E-state index contributed by atoms with van der Waals surface area (Å²) in [5.41, 5.74) is 1.21. The average Bonchev–Trinajstić information content (AvgIpc) is 3.27. The van der Waals surface area contributed by atoms with Gasteiger partial charge in [-0.1, -0.05) is 31.6 Å². The maximum absolute atomic E-state index is 13.5. The number of ether oxygens (including phenoxy) is 1. The lowest BCUT2D eigenvalue weighted by Gasteiger charge is -2.23. The van der Waals surface area contributed by atoms with E-state index in [9.17, 15) is 13.2 Å². The Morgan fingerprint density at radius 3 is 2.34 bits per heavy atom. The van der Waals surface area contributed by atoms with Crippen LogP contribution in [0.15, 0.2) is 47.4 Å². The summed E-state index contributed by atoms with van der Waals surface area (Å²) in [6.45, 7) is 5.86. The highest BCUT2D eigenvalue weighted by Gasteiger charge is 2.25. The largest absolute Gasteiger partial charge is 0.497 e. The number of sulfonamides is 1. The number of hydrogen-bond acceptors (Lipinski definition) is 7. The number of carbonyl (C=O) groups is 1. The van der Waals surface area contributed by atoms with Crippen LogP contribution in [0.2, 0.25) is 0 Å². The molecule has 1 aromatic heterocycles. The SMILES string of the molecule is CCCCN(CC)S(=O)(=O)c1ccc(C(=O)N(CCN(C)C)c2nc3ccc(OC)cc3s2)cc1. The van der Waals surface area contributed by atoms with Crippen LogP contribution < -0.4 is 9.64 Å². The molecule has 35 heavy (non-hydrogen) atoms. The predicted octanol–water partition coefficient (Wildman–Crippen LogP) is 4.32. The summed E-state index contributed by atoms with van der Waals surface area (Å²) in [5.74, 6) is 0.510. The number of rotatable bonds is 12. The second kappa shape index (κ2) is 11.9. The summed E-state index contributed by atoms with van der Waals surface area (Å²) < 4.78 is 33.8. The molecule has 0 N–H and O–H groups in total. The van der Waals surface area contributed by atoms with Crippen molar-refractivity contribution in [3.05, 3.63) is 48.0 Å². The third-order valence-electron chi connectivity index (χ3n) is 5.68. The third kappa shape index (κ3) is 6.38. The fourth-order valence-corrected chi connectivity index (χ4v) is 6.08. The molecule has 0 fully saturated rings. The van der Waals surface area contributed by atoms with E-state index in [1.807, 2.05) is 51.0 Å². The van der Waals surface area contributed by atoms with Crippen molar-refractivity contribution in [2.45, 2.75) is 31.6 Å². The average molecular weight is 519 g/mol. The lowest BCUT2D eigenvalue weighted by atomic mass is 10.2. The van der Waals surface area contributed by atoms with Gasteiger partial charge in [0.1, 0.15) is 5.75 Å². The van der Waals surface area contributed by atoms with Crippen molar-refractivity contribution in [3.8, 4) is 5.75 Å². The fourth-order valence-electron chi connectivity index (χ4n) is 3.58. The molecule has 0 unspecified atom stereocenters. The van der Waals surface area contributed by atoms with Gasteiger partial charge in [-0.25, -0.2) is 13.4 Å². The van der Waals surface area contributed by atoms with Crippen LogP contribution in [0, 0.1) is 0 Å². The first kappa shape index (κ1) is 27.1. The molecular weight excluding hydrogens is 484 g/mol. The Morgan fingerprint density at radius 1 is 1.03 bits per heavy atom. The van der Waals surface area contributed by atoms with E-state index in [0.29, 0.717) is 36.9 Å². The summed E-state index contributed by atoms with van der Waals surface area (Å²) >= 11 is 1.42. The van der Waals surface area contributed by atoms with Gasteiger partial charge in [-0.2, -0.15) is 4.31 Å². The summed E-state index contributed by atoms with van der Waals surface area (Å²) in [6, 6.07) is 11.8. The molecule has 3 rings (SSSR count). The number of unbranched alkanes of at least 4 members (excludes halogenated alkanes) is 1. The molecule has 1 heterocycles. The first-order chi connectivity index (χ1) is 16.7. The minimum Gasteiger partial charge on any atom is -0.497 e. The van der Waals surface area contributed by atoms with E-state index in [1.54, 1.807) is 24.1 Å². The standard InChI is InChI=1S/C25H34N4O4S2/c1-6-8-15-28(7-2)35(31,32)21-12-9-19(10-13-21)24(30)29(17-16-27(3)4)25-26-22-14-11-20(33-5)18-23(22)34-25/h9-14,18H,6-8,15-17H2,1-5H3. The molecule has 0 bridgehead atoms. The van der Waals surface area contributed by atoms with Gasteiger partial charge in [-0.15, -0.1) is 0 Å². The number of hydrogen-bond donors (Lipinski definition) is 0. The van der Waals surface area contributed by atoms with Crippen LogP contribution in [0.1, 0.15) is 37.0 Å². The van der Waals surface area contributed by atoms with Crippen molar-refractivity contribution >= 4 is 42.6 Å². The van der Waals surface area contributed by atoms with E-state index in [4.69, 9.17) is 4.74 Å². The second-order valence-electron chi connectivity index (χ2n) is 8.46. The molecule has 0 spiro atoms. The topological polar surface area (TPSA) is 83.1 Å². The third-order valence-corrected chi connectivity index (χ3v) is 8.71. The molecule has 3 aromatic rings. The van der Waals surface area contributed by atoms with Gasteiger partial charge in [0.15, 0.2) is 5.13 Å². The number of nitrogens with zero attached hydrogens (tertiary/aromatic N) is 4. The Kier molecular flexibility index (Phi) is 9.23. The van der Waals surface area contributed by atoms with Crippen molar-refractivity contribution in [2.24, 2.45) is 0 Å². The maximum Gasteiger partial charge on any atom is 0.260 e. The quantitative estimate of drug-likeness (QED) is 0.355. The molecule has 190 valence electrons. The Morgan fingerprint density at radius 2 is 1.74 bits per heavy atom. The van der Waals surface area contributed by atoms with Crippen LogP contribution in [0.5, 0.6) is 5.75 Å². The number of methoxy groups -OCH3 is 1. The number of fused-ring (bicyclic) bond motifs is 1. The number of aromatic nitrogens is 1. The zero-order valence-electron chi connectivity index (χ0n) is 21.0. The van der Waals surface area contributed by atoms with Crippen LogP contribution in [-0.4, -0.2) is 75.9 Å². The lowest BCUT2D eigenvalue weighted by Crippen LogP contribution is -2.36. The van der Waals surface area contributed by atoms with Crippen molar-refractivity contribution < 1.29 is 17.9 Å². The first-order valence-corrected chi connectivity index (χ1v) is 14.0. The molecule has 0 aliphatic carbocycles. The van der Waals surface area contributed by atoms with Gasteiger partial charge in [0.25, 0.3) is 5.91 Å². The van der Waals surface area contributed by atoms with Gasteiger partial charge in [0, 0.05) is 31.7 Å². The van der Waals surface area contributed by atoms with Crippen LogP contribution in [0.3, 0.4) is 0 Å². The van der Waals surface area contributed by atoms with E-state index in [0.717, 1.165) is 28.8 Å². The van der Waals surface area contributed by atoms with E-state index in [2.05, 4.69) is 4.98 Å². The van der Waals surface area contributed by atoms with Crippen molar-refractivity contribution in [1.29, 1.82) is 0 Å². The van der Waals surface area contributed by atoms with Crippen molar-refractivity contribution in [1.82, 2.24) is 14.2 Å². The monoisotopic (exact) mass is 518 g/mol. The Bertz CT molecular complexity index is 1240. The van der Waals surface area contributed by atoms with Gasteiger partial charge >= 0.3 is 0 Å². The van der Waals surface area contributed by atoms with Crippen LogP contribution in [-0.2, 0) is 10.0 Å². The number of amides is 1. The van der Waals surface area contributed by atoms with Crippen LogP contribution >= 0.6 is 11.3 Å². The molecule has 10 heteroatoms. The fraction of sp³-hybridized carbons (Fsp3) is 0.440. The molecule has 0 aliphatic heterocycles. The van der Waals surface area contributed by atoms with Gasteiger partial charge in [0.2, 0.25) is 10.0 Å². The molecule has 0 aliphatic rings. The summed E-state index contributed by atoms with van der Waals surface area (Å²) in [5, 5.41) is 0.591. The maximum atomic E-state index is 13.5. The van der Waals surface area contributed by atoms with E-state index in [-0.39, 0.29) is 10.8 Å². The Hall–Kier alpha value is -2.53. The van der Waals surface area contributed by atoms with E-state index >= 15 is 0 Å². The first-order valence-electron chi connectivity index (χ1n) is 11.7. The highest BCUT2D eigenvalue weighted by atomic mass is 32.2. The normalized spacial score (nSPS) is 12.0. The predicted molar refractivity (Wildman–Crippen MR) is 142 cm³/mol. The summed E-state index contributed by atoms with van der Waals surface area (Å²) in [6.07, 6.45) is 1.72. The molecule has 8 nitrogen and oxygen atoms in total. The van der Waals surface area contributed by atoms with Crippen LogP contribution in [0.4, 0.5) is 5.13 Å². The molecule has 0 atom stereocenters. The molecule has 2 aromatic carbocycles. The molecular formula is C25H34N4O4S2. The highest BCUT2D eigenvalue weighted by molar-refractivity contribution is 7.89. The number of anilines is 1. The minimum atomic E-state index is -3.60. The Balaban J connectivity index is 1.90. The highest BCUT2D eigenvalue weighted by Crippen LogP contribution is 2.32. The second-order valence-corrected chi connectivity index (χ2v) is 11.4. The van der Waals surface area contributed by atoms with Crippen LogP contribution in [0.25, 0.3) is 10.2 Å². The number of benzene rings is 2. The number of thiazole rings is 1. The zero-order chi connectivity index (χ0) is 25.6. The lowest BCUT2D eigenvalue weighted by molar-refractivity contribution is 0.0985.